The van der Waals surface area contributed by atoms with Crippen molar-refractivity contribution in [1.29, 1.82) is 0 Å². The van der Waals surface area contributed by atoms with Gasteiger partial charge in [-0.3, -0.25) is 0 Å². The van der Waals surface area contributed by atoms with E-state index in [2.05, 4.69) is 0 Å². The van der Waals surface area contributed by atoms with Gasteiger partial charge in [0.15, 0.2) is 0 Å². The predicted molar refractivity (Wildman–Crippen MR) is 36.2 cm³/mol. The Labute approximate surface area is 105 Å². The van der Waals surface area contributed by atoms with E-state index < -0.39 is 41.8 Å². The first-order chi connectivity index (χ1) is 8.82. The van der Waals surface area contributed by atoms with Crippen LogP contribution in [0.4, 0.5) is 61.5 Å². The summed E-state index contributed by atoms with van der Waals surface area (Å²) in [7, 11) is 0. The van der Waals surface area contributed by atoms with Crippen molar-refractivity contribution in [3.05, 3.63) is 11.7 Å². The Morgan fingerprint density at radius 1 is 0.476 bits per heavy atom. The Morgan fingerprint density at radius 2 is 0.810 bits per heavy atom. The van der Waals surface area contributed by atoms with E-state index in [9.17, 15) is 61.5 Å². The summed E-state index contributed by atoms with van der Waals surface area (Å²) >= 11 is 0. The Balaban J connectivity index is 6.15. The van der Waals surface area contributed by atoms with Gasteiger partial charge in [0, 0.05) is 0 Å². The lowest BCUT2D eigenvalue weighted by atomic mass is 10.0. The van der Waals surface area contributed by atoms with Gasteiger partial charge >= 0.3 is 30.1 Å². The highest BCUT2D eigenvalue weighted by molar-refractivity contribution is 5.20. The molecular weight excluding hydrogens is 350 g/mol. The van der Waals surface area contributed by atoms with Crippen LogP contribution >= 0.6 is 0 Å². The summed E-state index contributed by atoms with van der Waals surface area (Å²) < 4.78 is 168. The molecule has 0 amide bonds. The number of hydrogen-bond donors (Lipinski definition) is 0. The molecule has 0 spiro atoms. The molecule has 0 aromatic carbocycles. The van der Waals surface area contributed by atoms with Crippen molar-refractivity contribution in [2.45, 2.75) is 30.1 Å². The Morgan fingerprint density at radius 3 is 1.05 bits per heavy atom. The molecule has 0 saturated heterocycles. The molecule has 0 aliphatic carbocycles. The lowest BCUT2D eigenvalue weighted by Crippen LogP contribution is -2.61. The van der Waals surface area contributed by atoms with Crippen LogP contribution in [0.5, 0.6) is 0 Å². The summed E-state index contributed by atoms with van der Waals surface area (Å²) in [6, 6.07) is 0. The fraction of sp³-hybridized carbons (Fsp3) is 0.714. The molecule has 0 radical (unpaired) electrons. The molecule has 0 fully saturated rings. The monoisotopic (exact) mass is 350 g/mol. The normalized spacial score (nSPS) is 16.9. The van der Waals surface area contributed by atoms with Gasteiger partial charge < -0.3 is 0 Å². The van der Waals surface area contributed by atoms with Crippen LogP contribution < -0.4 is 0 Å². The minimum absolute atomic E-state index is 4.56. The smallest absolute Gasteiger partial charge is 0.202 e. The van der Waals surface area contributed by atoms with Crippen LogP contribution in [-0.4, -0.2) is 30.1 Å². The van der Waals surface area contributed by atoms with Crippen molar-refractivity contribution in [1.82, 2.24) is 0 Å². The van der Waals surface area contributed by atoms with Gasteiger partial charge in [-0.05, 0) is 0 Å². The number of alkyl halides is 12. The fourth-order valence-electron chi connectivity index (χ4n) is 0.775. The van der Waals surface area contributed by atoms with Gasteiger partial charge in [0.05, 0.1) is 0 Å². The van der Waals surface area contributed by atoms with Gasteiger partial charge in [-0.15, -0.1) is 0 Å². The van der Waals surface area contributed by atoms with E-state index in [-0.39, 0.29) is 0 Å². The molecule has 0 nitrogen and oxygen atoms in total. The van der Waals surface area contributed by atoms with Gasteiger partial charge in [0.1, 0.15) is 0 Å². The second-order valence-corrected chi connectivity index (χ2v) is 3.35. The van der Waals surface area contributed by atoms with Crippen LogP contribution in [0.15, 0.2) is 11.7 Å². The average molecular weight is 350 g/mol. The summed E-state index contributed by atoms with van der Waals surface area (Å²) in [5.41, 5.74) is 0. The minimum atomic E-state index is -7.72. The Kier molecular flexibility index (Phi) is 4.61. The average Bonchev–Trinajstić information content (AvgIpc) is 2.23. The highest BCUT2D eigenvalue weighted by atomic mass is 19.4. The van der Waals surface area contributed by atoms with Crippen molar-refractivity contribution in [2.24, 2.45) is 0 Å². The van der Waals surface area contributed by atoms with Crippen molar-refractivity contribution < 1.29 is 61.5 Å². The number of allylic oxidation sites excluding steroid dienone is 2. The second-order valence-electron chi connectivity index (χ2n) is 3.35. The molecule has 0 unspecified atom stereocenters. The third-order valence-electron chi connectivity index (χ3n) is 1.86. The quantitative estimate of drug-likeness (QED) is 0.617. The summed E-state index contributed by atoms with van der Waals surface area (Å²) in [6.45, 7) is 0. The first kappa shape index (κ1) is 19.8. The summed E-state index contributed by atoms with van der Waals surface area (Å²) in [6.07, 6.45) is -14.0. The summed E-state index contributed by atoms with van der Waals surface area (Å²) in [4.78, 5) is 0. The van der Waals surface area contributed by atoms with Crippen molar-refractivity contribution in [2.75, 3.05) is 0 Å². The van der Waals surface area contributed by atoms with E-state index in [1.54, 1.807) is 0 Å². The molecule has 0 aliphatic rings. The maximum Gasteiger partial charge on any atom is 0.460 e. The van der Waals surface area contributed by atoms with Crippen LogP contribution in [0, 0.1) is 0 Å². The highest BCUT2D eigenvalue weighted by Crippen LogP contribution is 2.56. The number of hydrogen-bond acceptors (Lipinski definition) is 0. The lowest BCUT2D eigenvalue weighted by molar-refractivity contribution is -0.392. The molecule has 126 valence electrons. The number of halogens is 14. The van der Waals surface area contributed by atoms with Crippen molar-refractivity contribution in [3.63, 3.8) is 0 Å². The van der Waals surface area contributed by atoms with Crippen LogP contribution in [0.1, 0.15) is 0 Å². The fourth-order valence-corrected chi connectivity index (χ4v) is 0.775. The van der Waals surface area contributed by atoms with Crippen molar-refractivity contribution in [3.8, 4) is 0 Å². The largest absolute Gasteiger partial charge is 0.460 e. The summed E-state index contributed by atoms with van der Waals surface area (Å²) in [5, 5.41) is 0. The zero-order valence-corrected chi connectivity index (χ0v) is 8.79. The maximum atomic E-state index is 12.5. The molecule has 0 bridgehead atoms. The molecule has 0 aliphatic heterocycles. The SMILES string of the molecule is F/C(=C(/F)C(F)(F)C(F)(F)C(F)(F)C(F)(F)F)C(F)(F)F. The zero-order chi connectivity index (χ0) is 17.7. The molecule has 0 aromatic rings. The van der Waals surface area contributed by atoms with Gasteiger partial charge in [0.2, 0.25) is 11.7 Å². The highest BCUT2D eigenvalue weighted by Gasteiger charge is 2.83. The third-order valence-corrected chi connectivity index (χ3v) is 1.86. The van der Waals surface area contributed by atoms with Gasteiger partial charge in [-0.25, -0.2) is 4.39 Å². The van der Waals surface area contributed by atoms with Gasteiger partial charge in [-0.2, -0.15) is 57.1 Å². The molecule has 0 aromatic heterocycles. The predicted octanol–water partition coefficient (Wildman–Crippen LogP) is 5.17. The molecule has 0 N–H and O–H groups in total. The summed E-state index contributed by atoms with van der Waals surface area (Å²) in [5.74, 6) is -32.1. The van der Waals surface area contributed by atoms with E-state index in [4.69, 9.17) is 0 Å². The standard InChI is InChI=1S/C7F14/c8-1(2(9)4(12,13)14)3(10,11)5(15,16)6(17,18)7(19,20)21/b2-1+. The van der Waals surface area contributed by atoms with Gasteiger partial charge in [0.25, 0.3) is 0 Å². The maximum absolute atomic E-state index is 12.5. The van der Waals surface area contributed by atoms with E-state index in [0.29, 0.717) is 0 Å². The third kappa shape index (κ3) is 3.02. The molecule has 21 heavy (non-hydrogen) atoms. The second kappa shape index (κ2) is 4.90. The van der Waals surface area contributed by atoms with E-state index in [0.717, 1.165) is 0 Å². The topological polar surface area (TPSA) is 0 Å². The molecule has 14 heteroatoms. The Hall–Kier alpha value is -1.24. The lowest BCUT2D eigenvalue weighted by Gasteiger charge is -2.32. The first-order valence-electron chi connectivity index (χ1n) is 4.15. The van der Waals surface area contributed by atoms with Gasteiger partial charge in [-0.1, -0.05) is 0 Å². The molecule has 0 atom stereocenters. The van der Waals surface area contributed by atoms with E-state index in [1.807, 2.05) is 0 Å². The van der Waals surface area contributed by atoms with Crippen LogP contribution in [0.25, 0.3) is 0 Å². The Bertz CT molecular complexity index is 420. The molecule has 0 rings (SSSR count). The van der Waals surface area contributed by atoms with Crippen LogP contribution in [0.3, 0.4) is 0 Å². The molecule has 0 saturated carbocycles. The van der Waals surface area contributed by atoms with E-state index in [1.165, 1.54) is 0 Å². The molecule has 0 heterocycles. The minimum Gasteiger partial charge on any atom is -0.202 e. The molecular formula is C7F14. The van der Waals surface area contributed by atoms with Crippen molar-refractivity contribution >= 4 is 0 Å². The zero-order valence-electron chi connectivity index (χ0n) is 8.79. The van der Waals surface area contributed by atoms with Crippen LogP contribution in [0.2, 0.25) is 0 Å². The van der Waals surface area contributed by atoms with E-state index >= 15 is 0 Å². The van der Waals surface area contributed by atoms with Crippen LogP contribution in [-0.2, 0) is 0 Å². The first-order valence-corrected chi connectivity index (χ1v) is 4.15. The number of rotatable bonds is 3.